The smallest absolute Gasteiger partial charge is 0.335 e. The van der Waals surface area contributed by atoms with E-state index >= 15 is 0 Å². The van der Waals surface area contributed by atoms with Gasteiger partial charge in [-0.3, -0.25) is 0 Å². The lowest BCUT2D eigenvalue weighted by molar-refractivity contribution is -0.296. The van der Waals surface area contributed by atoms with Gasteiger partial charge in [0.15, 0.2) is 12.4 Å². The molecular weight excluding hydrogens is 361 g/mol. The van der Waals surface area contributed by atoms with Crippen LogP contribution in [0.15, 0.2) is 24.3 Å². The second kappa shape index (κ2) is 8.59. The summed E-state index contributed by atoms with van der Waals surface area (Å²) in [6.07, 6.45) is -7.27. The molecule has 27 heavy (non-hydrogen) atoms. The summed E-state index contributed by atoms with van der Waals surface area (Å²) in [6.45, 7) is 1.55. The third-order valence-corrected chi connectivity index (χ3v) is 5.19. The summed E-state index contributed by atoms with van der Waals surface area (Å²) in [5.41, 5.74) is 0.968. The molecule has 9 heteroatoms. The van der Waals surface area contributed by atoms with Crippen molar-refractivity contribution < 1.29 is 39.1 Å². The Morgan fingerprint density at radius 1 is 1.19 bits per heavy atom. The van der Waals surface area contributed by atoms with Crippen molar-refractivity contribution in [2.24, 2.45) is 5.92 Å². The van der Waals surface area contributed by atoms with E-state index in [1.807, 2.05) is 0 Å². The number of benzene rings is 1. The fourth-order valence-corrected chi connectivity index (χ4v) is 3.66. The molecule has 0 bridgehead atoms. The van der Waals surface area contributed by atoms with E-state index in [4.69, 9.17) is 14.6 Å². The lowest BCUT2D eigenvalue weighted by Crippen LogP contribution is -2.60. The van der Waals surface area contributed by atoms with Crippen molar-refractivity contribution in [3.63, 3.8) is 0 Å². The number of carbonyl (C=O) groups is 1. The topological polar surface area (TPSA) is 128 Å². The van der Waals surface area contributed by atoms with Crippen molar-refractivity contribution in [1.82, 2.24) is 5.32 Å². The monoisotopic (exact) mass is 385 g/mol. The molecule has 3 rings (SSSR count). The summed E-state index contributed by atoms with van der Waals surface area (Å²) >= 11 is 0. The van der Waals surface area contributed by atoms with Crippen LogP contribution in [0.25, 0.3) is 0 Å². The van der Waals surface area contributed by atoms with Crippen molar-refractivity contribution >= 4 is 5.97 Å². The zero-order valence-corrected chi connectivity index (χ0v) is 14.6. The highest BCUT2D eigenvalue weighted by Crippen LogP contribution is 2.32. The number of nitrogens with one attached hydrogen (secondary N) is 1. The van der Waals surface area contributed by atoms with E-state index < -0.39 is 36.7 Å². The molecule has 2 heterocycles. The first-order valence-electron chi connectivity index (χ1n) is 8.88. The summed E-state index contributed by atoms with van der Waals surface area (Å²) in [5, 5.41) is 41.9. The Kier molecular flexibility index (Phi) is 6.40. The van der Waals surface area contributed by atoms with E-state index in [2.05, 4.69) is 5.32 Å². The molecule has 1 aromatic rings. The van der Waals surface area contributed by atoms with Crippen LogP contribution in [0.1, 0.15) is 17.9 Å². The van der Waals surface area contributed by atoms with Gasteiger partial charge in [0.1, 0.15) is 24.1 Å². The average molecular weight is 385 g/mol. The molecule has 7 atom stereocenters. The fraction of sp³-hybridized carbons (Fsp3) is 0.611. The van der Waals surface area contributed by atoms with Crippen LogP contribution in [-0.4, -0.2) is 76.8 Å². The molecule has 0 spiro atoms. The second-order valence-electron chi connectivity index (χ2n) is 6.98. The molecule has 0 aliphatic carbocycles. The molecule has 0 saturated carbocycles. The van der Waals surface area contributed by atoms with E-state index in [9.17, 15) is 24.5 Å². The van der Waals surface area contributed by atoms with E-state index in [-0.39, 0.29) is 24.3 Å². The van der Waals surface area contributed by atoms with Gasteiger partial charge in [0.25, 0.3) is 0 Å². The minimum absolute atomic E-state index is 0.0210. The van der Waals surface area contributed by atoms with Gasteiger partial charge in [-0.05, 0) is 36.6 Å². The number of aliphatic hydroxyl groups excluding tert-OH is 3. The van der Waals surface area contributed by atoms with Crippen LogP contribution < -0.4 is 5.32 Å². The molecule has 0 radical (unpaired) electrons. The van der Waals surface area contributed by atoms with Gasteiger partial charge >= 0.3 is 5.97 Å². The Hall–Kier alpha value is -1.62. The van der Waals surface area contributed by atoms with Crippen molar-refractivity contribution in [3.05, 3.63) is 35.6 Å². The maximum Gasteiger partial charge on any atom is 0.335 e. The van der Waals surface area contributed by atoms with Gasteiger partial charge in [0.05, 0.1) is 6.61 Å². The van der Waals surface area contributed by atoms with Gasteiger partial charge in [0, 0.05) is 12.5 Å². The molecule has 150 valence electrons. The highest BCUT2D eigenvalue weighted by Gasteiger charge is 2.47. The molecule has 0 aromatic heterocycles. The number of carboxylic acid groups (broad SMARTS) is 1. The molecule has 0 amide bonds. The van der Waals surface area contributed by atoms with Crippen molar-refractivity contribution in [2.45, 2.75) is 43.0 Å². The lowest BCUT2D eigenvalue weighted by Gasteiger charge is -2.40. The quantitative estimate of drug-likeness (QED) is 0.456. The Morgan fingerprint density at radius 2 is 1.89 bits per heavy atom. The van der Waals surface area contributed by atoms with Crippen LogP contribution in [0.2, 0.25) is 0 Å². The zero-order valence-electron chi connectivity index (χ0n) is 14.6. The van der Waals surface area contributed by atoms with Crippen LogP contribution in [0.5, 0.6) is 0 Å². The maximum atomic E-state index is 13.2. The standard InChI is InChI=1S/C18H24FNO7/c19-11-3-1-9(2-4-11)12-5-6-20-7-10(12)8-26-18-15(23)13(21)14(22)16(27-18)17(24)25/h1-4,10,12-16,18,20-23H,5-8H2,(H,24,25)/t10-,12-,13?,14?,15?,16?,18?/m0/s1. The van der Waals surface area contributed by atoms with Gasteiger partial charge in [-0.25, -0.2) is 9.18 Å². The van der Waals surface area contributed by atoms with E-state index in [1.165, 1.54) is 12.1 Å². The number of hydrogen-bond donors (Lipinski definition) is 5. The summed E-state index contributed by atoms with van der Waals surface area (Å²) in [7, 11) is 0. The number of halogens is 1. The zero-order chi connectivity index (χ0) is 19.6. The first kappa shape index (κ1) is 20.1. The molecule has 2 aliphatic heterocycles. The van der Waals surface area contributed by atoms with Crippen LogP contribution in [0.3, 0.4) is 0 Å². The van der Waals surface area contributed by atoms with E-state index in [0.29, 0.717) is 6.54 Å². The average Bonchev–Trinajstić information content (AvgIpc) is 2.66. The second-order valence-corrected chi connectivity index (χ2v) is 6.98. The molecular formula is C18H24FNO7. The van der Waals surface area contributed by atoms with E-state index in [1.54, 1.807) is 12.1 Å². The largest absolute Gasteiger partial charge is 0.479 e. The SMILES string of the molecule is O=C(O)C1OC(OC[C@@H]2CNCC[C@H]2c2ccc(F)cc2)C(O)C(O)C1O. The molecule has 5 N–H and O–H groups in total. The molecule has 2 saturated heterocycles. The van der Waals surface area contributed by atoms with Crippen molar-refractivity contribution in [1.29, 1.82) is 0 Å². The molecule has 8 nitrogen and oxygen atoms in total. The maximum absolute atomic E-state index is 13.2. The predicted molar refractivity (Wildman–Crippen MR) is 90.4 cm³/mol. The van der Waals surface area contributed by atoms with Crippen molar-refractivity contribution in [2.75, 3.05) is 19.7 Å². The number of aliphatic hydroxyl groups is 3. The third kappa shape index (κ3) is 4.45. The van der Waals surface area contributed by atoms with Gasteiger partial charge in [-0.15, -0.1) is 0 Å². The number of piperidine rings is 1. The Balaban J connectivity index is 1.66. The van der Waals surface area contributed by atoms with Crippen LogP contribution in [-0.2, 0) is 14.3 Å². The third-order valence-electron chi connectivity index (χ3n) is 5.19. The van der Waals surface area contributed by atoms with Gasteiger partial charge in [0.2, 0.25) is 0 Å². The summed E-state index contributed by atoms with van der Waals surface area (Å²) < 4.78 is 23.9. The molecule has 1 aromatic carbocycles. The summed E-state index contributed by atoms with van der Waals surface area (Å²) in [5.74, 6) is -1.69. The Bertz CT molecular complexity index is 643. The molecule has 5 unspecified atom stereocenters. The van der Waals surface area contributed by atoms with Gasteiger partial charge in [-0.2, -0.15) is 0 Å². The van der Waals surface area contributed by atoms with E-state index in [0.717, 1.165) is 18.5 Å². The predicted octanol–water partition coefficient (Wildman–Crippen LogP) is -0.572. The van der Waals surface area contributed by atoms with Crippen LogP contribution in [0, 0.1) is 11.7 Å². The number of rotatable bonds is 5. The van der Waals surface area contributed by atoms with Crippen molar-refractivity contribution in [3.8, 4) is 0 Å². The number of aliphatic carboxylic acids is 1. The Morgan fingerprint density at radius 3 is 2.56 bits per heavy atom. The summed E-state index contributed by atoms with van der Waals surface area (Å²) in [4.78, 5) is 11.2. The fourth-order valence-electron chi connectivity index (χ4n) is 3.66. The number of carboxylic acids is 1. The van der Waals surface area contributed by atoms with Gasteiger partial charge in [-0.1, -0.05) is 12.1 Å². The molecule has 2 aliphatic rings. The summed E-state index contributed by atoms with van der Waals surface area (Å²) in [6, 6.07) is 6.26. The Labute approximate surface area is 155 Å². The highest BCUT2D eigenvalue weighted by atomic mass is 19.1. The van der Waals surface area contributed by atoms with Crippen LogP contribution >= 0.6 is 0 Å². The first-order chi connectivity index (χ1) is 12.9. The van der Waals surface area contributed by atoms with Gasteiger partial charge < -0.3 is 35.2 Å². The number of hydrogen-bond acceptors (Lipinski definition) is 7. The molecule has 2 fully saturated rings. The lowest BCUT2D eigenvalue weighted by atomic mass is 9.81. The normalized spacial score (nSPS) is 37.1. The number of ether oxygens (including phenoxy) is 2. The minimum Gasteiger partial charge on any atom is -0.479 e. The van der Waals surface area contributed by atoms with Crippen LogP contribution in [0.4, 0.5) is 4.39 Å². The highest BCUT2D eigenvalue weighted by molar-refractivity contribution is 5.73. The first-order valence-corrected chi connectivity index (χ1v) is 8.88. The minimum atomic E-state index is -1.75.